The second-order valence-corrected chi connectivity index (χ2v) is 10.8. The van der Waals surface area contributed by atoms with E-state index in [0.717, 1.165) is 57.6 Å². The van der Waals surface area contributed by atoms with Crippen LogP contribution in [0, 0.1) is 6.92 Å². The van der Waals surface area contributed by atoms with Gasteiger partial charge in [-0.25, -0.2) is 9.78 Å². The first-order valence-electron chi connectivity index (χ1n) is 13.0. The summed E-state index contributed by atoms with van der Waals surface area (Å²) in [5.74, 6) is 1.52. The number of hydrogen-bond acceptors (Lipinski definition) is 6. The molecule has 198 valence electrons. The average molecular weight is 514 g/mol. The number of aryl methyl sites for hydroxylation is 1. The number of ether oxygens (including phenoxy) is 2. The molecule has 0 saturated carbocycles. The lowest BCUT2D eigenvalue weighted by atomic mass is 10.0. The van der Waals surface area contributed by atoms with Gasteiger partial charge in [-0.05, 0) is 75.2 Å². The molecule has 5 rings (SSSR count). The molecule has 1 amide bonds. The van der Waals surface area contributed by atoms with Gasteiger partial charge < -0.3 is 19.7 Å². The van der Waals surface area contributed by atoms with Crippen molar-refractivity contribution < 1.29 is 14.3 Å². The first-order chi connectivity index (χ1) is 18.2. The summed E-state index contributed by atoms with van der Waals surface area (Å²) in [6.07, 6.45) is 7.36. The highest BCUT2D eigenvalue weighted by molar-refractivity contribution is 5.97. The van der Waals surface area contributed by atoms with Crippen LogP contribution < -0.4 is 10.1 Å². The average Bonchev–Trinajstić information content (AvgIpc) is 3.38. The quantitative estimate of drug-likeness (QED) is 0.319. The Morgan fingerprint density at radius 1 is 1.08 bits per heavy atom. The van der Waals surface area contributed by atoms with Gasteiger partial charge in [0.05, 0.1) is 25.0 Å². The molecule has 2 aromatic carbocycles. The molecule has 0 radical (unpaired) electrons. The minimum absolute atomic E-state index is 0.241. The van der Waals surface area contributed by atoms with Gasteiger partial charge in [-0.15, -0.1) is 0 Å². The van der Waals surface area contributed by atoms with Crippen molar-refractivity contribution in [2.75, 3.05) is 25.5 Å². The van der Waals surface area contributed by atoms with Crippen molar-refractivity contribution in [1.29, 1.82) is 0 Å². The Labute approximate surface area is 223 Å². The fraction of sp³-hybridized carbons (Fsp3) is 0.367. The largest absolute Gasteiger partial charge is 0.495 e. The van der Waals surface area contributed by atoms with Crippen molar-refractivity contribution in [1.82, 2.24) is 19.7 Å². The van der Waals surface area contributed by atoms with Gasteiger partial charge >= 0.3 is 6.09 Å². The fourth-order valence-corrected chi connectivity index (χ4v) is 4.85. The zero-order valence-electron chi connectivity index (χ0n) is 22.7. The second kappa shape index (κ2) is 10.4. The minimum atomic E-state index is -0.486. The summed E-state index contributed by atoms with van der Waals surface area (Å²) in [5, 5.41) is 10.3. The second-order valence-electron chi connectivity index (χ2n) is 10.8. The van der Waals surface area contributed by atoms with Gasteiger partial charge in [0, 0.05) is 36.4 Å². The van der Waals surface area contributed by atoms with Crippen LogP contribution >= 0.6 is 0 Å². The maximum atomic E-state index is 12.4. The topological polar surface area (TPSA) is 81.5 Å². The molecule has 1 aliphatic heterocycles. The van der Waals surface area contributed by atoms with Gasteiger partial charge in [0.25, 0.3) is 0 Å². The maximum Gasteiger partial charge on any atom is 0.410 e. The molecule has 0 aliphatic carbocycles. The van der Waals surface area contributed by atoms with Crippen LogP contribution in [0.2, 0.25) is 0 Å². The van der Waals surface area contributed by atoms with E-state index in [0.29, 0.717) is 13.1 Å². The standard InChI is InChI=1S/C30H35N5O3/c1-20-9-10-26(27(15-20)37-5)33-28-16-25-21(17-31-28)7-6-8-24(25)22-18-32-35(19-22)23-11-13-34(14-12-23)29(36)38-30(2,3)4/h6-10,15-19,23H,11-14H2,1-5H3,(H,31,33). The third-order valence-electron chi connectivity index (χ3n) is 6.79. The summed E-state index contributed by atoms with van der Waals surface area (Å²) in [5.41, 5.74) is 3.67. The lowest BCUT2D eigenvalue weighted by molar-refractivity contribution is 0.0185. The summed E-state index contributed by atoms with van der Waals surface area (Å²) in [6, 6.07) is 14.6. The summed E-state index contributed by atoms with van der Waals surface area (Å²) >= 11 is 0. The molecule has 1 saturated heterocycles. The number of pyridine rings is 1. The van der Waals surface area contributed by atoms with Gasteiger partial charge in [-0.3, -0.25) is 4.68 Å². The third-order valence-corrected chi connectivity index (χ3v) is 6.79. The molecule has 38 heavy (non-hydrogen) atoms. The highest BCUT2D eigenvalue weighted by atomic mass is 16.6. The van der Waals surface area contributed by atoms with Gasteiger partial charge in [0.2, 0.25) is 0 Å². The number of amides is 1. The van der Waals surface area contributed by atoms with Crippen LogP contribution in [0.1, 0.15) is 45.2 Å². The molecule has 1 aliphatic rings. The SMILES string of the molecule is COc1cc(C)ccc1Nc1cc2c(-c3cnn(C4CCN(C(=O)OC(C)(C)C)CC4)c3)cccc2cn1. The van der Waals surface area contributed by atoms with Crippen molar-refractivity contribution in [3.63, 3.8) is 0 Å². The van der Waals surface area contributed by atoms with E-state index < -0.39 is 5.60 Å². The van der Waals surface area contributed by atoms with E-state index >= 15 is 0 Å². The third kappa shape index (κ3) is 5.59. The van der Waals surface area contributed by atoms with E-state index in [2.05, 4.69) is 34.7 Å². The predicted molar refractivity (Wildman–Crippen MR) is 150 cm³/mol. The smallest absolute Gasteiger partial charge is 0.410 e. The van der Waals surface area contributed by atoms with Gasteiger partial charge in [0.1, 0.15) is 17.2 Å². The molecule has 1 fully saturated rings. The van der Waals surface area contributed by atoms with Crippen LogP contribution in [0.15, 0.2) is 61.1 Å². The number of aromatic nitrogens is 3. The van der Waals surface area contributed by atoms with Gasteiger partial charge in [0.15, 0.2) is 0 Å². The van der Waals surface area contributed by atoms with E-state index in [1.165, 1.54) is 0 Å². The van der Waals surface area contributed by atoms with Crippen molar-refractivity contribution in [2.24, 2.45) is 0 Å². The van der Waals surface area contributed by atoms with Crippen molar-refractivity contribution in [3.8, 4) is 16.9 Å². The van der Waals surface area contributed by atoms with Crippen LogP contribution in [-0.2, 0) is 4.74 Å². The Balaban J connectivity index is 1.35. The minimum Gasteiger partial charge on any atom is -0.495 e. The summed E-state index contributed by atoms with van der Waals surface area (Å²) < 4.78 is 13.1. The van der Waals surface area contributed by atoms with E-state index in [9.17, 15) is 4.79 Å². The molecule has 4 aromatic rings. The number of piperidine rings is 1. The number of fused-ring (bicyclic) bond motifs is 1. The van der Waals surface area contributed by atoms with Gasteiger partial charge in [-0.1, -0.05) is 24.3 Å². The van der Waals surface area contributed by atoms with E-state index in [1.54, 1.807) is 12.0 Å². The first-order valence-corrected chi connectivity index (χ1v) is 13.0. The summed E-state index contributed by atoms with van der Waals surface area (Å²) in [6.45, 7) is 9.04. The Morgan fingerprint density at radius 3 is 2.61 bits per heavy atom. The number of nitrogens with one attached hydrogen (secondary N) is 1. The first kappa shape index (κ1) is 25.6. The van der Waals surface area contributed by atoms with E-state index in [4.69, 9.17) is 14.6 Å². The number of anilines is 2. The fourth-order valence-electron chi connectivity index (χ4n) is 4.85. The number of methoxy groups -OCH3 is 1. The number of rotatable bonds is 5. The predicted octanol–water partition coefficient (Wildman–Crippen LogP) is 6.73. The highest BCUT2D eigenvalue weighted by Crippen LogP contribution is 2.33. The van der Waals surface area contributed by atoms with E-state index in [-0.39, 0.29) is 12.1 Å². The Morgan fingerprint density at radius 2 is 1.87 bits per heavy atom. The van der Waals surface area contributed by atoms with Crippen molar-refractivity contribution in [2.45, 2.75) is 52.2 Å². The normalized spacial score (nSPS) is 14.5. The van der Waals surface area contributed by atoms with Crippen molar-refractivity contribution in [3.05, 3.63) is 66.6 Å². The van der Waals surface area contributed by atoms with Crippen LogP contribution in [0.3, 0.4) is 0 Å². The lowest BCUT2D eigenvalue weighted by Crippen LogP contribution is -2.42. The molecule has 8 heteroatoms. The van der Waals surface area contributed by atoms with Crippen molar-refractivity contribution >= 4 is 28.4 Å². The Bertz CT molecular complexity index is 1450. The zero-order valence-corrected chi connectivity index (χ0v) is 22.7. The molecule has 0 spiro atoms. The molecule has 2 aromatic heterocycles. The number of nitrogens with zero attached hydrogens (tertiary/aromatic N) is 4. The summed E-state index contributed by atoms with van der Waals surface area (Å²) in [7, 11) is 1.67. The molecule has 0 unspecified atom stereocenters. The lowest BCUT2D eigenvalue weighted by Gasteiger charge is -2.33. The number of carbonyl (C=O) groups is 1. The van der Waals surface area contributed by atoms with Crippen LogP contribution in [0.5, 0.6) is 5.75 Å². The number of likely N-dealkylation sites (tertiary alicyclic amines) is 1. The highest BCUT2D eigenvalue weighted by Gasteiger charge is 2.28. The van der Waals surface area contributed by atoms with Gasteiger partial charge in [-0.2, -0.15) is 5.10 Å². The van der Waals surface area contributed by atoms with Crippen LogP contribution in [-0.4, -0.2) is 51.6 Å². The number of carbonyl (C=O) groups excluding carboxylic acids is 1. The zero-order chi connectivity index (χ0) is 26.9. The Hall–Kier alpha value is -4.07. The molecule has 0 bridgehead atoms. The maximum absolute atomic E-state index is 12.4. The molecule has 1 N–H and O–H groups in total. The Kier molecular flexibility index (Phi) is 6.97. The molecule has 3 heterocycles. The monoisotopic (exact) mass is 513 g/mol. The number of benzene rings is 2. The van der Waals surface area contributed by atoms with Crippen LogP contribution in [0.4, 0.5) is 16.3 Å². The van der Waals surface area contributed by atoms with Crippen LogP contribution in [0.25, 0.3) is 21.9 Å². The van der Waals surface area contributed by atoms with E-state index in [1.807, 2.05) is 69.0 Å². The molecular formula is C30H35N5O3. The molecule has 8 nitrogen and oxygen atoms in total. The molecular weight excluding hydrogens is 478 g/mol. The summed E-state index contributed by atoms with van der Waals surface area (Å²) in [4.78, 5) is 18.8. The molecule has 0 atom stereocenters. The number of hydrogen-bond donors (Lipinski definition) is 1.